The SMILES string of the molecule is CCCCCc1ccc(CNC(=O)c2ccc(-c3nc(CC(Cc4ccccc4)C(=O)NCc4ccc(OCC(=O)O)cc4)cs3)cc2)cc1. The highest BCUT2D eigenvalue weighted by Gasteiger charge is 2.21. The van der Waals surface area contributed by atoms with E-state index in [4.69, 9.17) is 14.8 Å². The summed E-state index contributed by atoms with van der Waals surface area (Å²) in [5, 5.41) is 17.7. The molecule has 0 saturated carbocycles. The fraction of sp³-hybridized carbons (Fsp3) is 0.268. The number of ether oxygens (including phenoxy) is 1. The van der Waals surface area contributed by atoms with E-state index in [-0.39, 0.29) is 17.7 Å². The number of nitrogens with one attached hydrogen (secondary N) is 2. The number of hydrogen-bond acceptors (Lipinski definition) is 6. The molecular formula is C41H43N3O5S. The molecule has 5 aromatic rings. The van der Waals surface area contributed by atoms with Gasteiger partial charge in [-0.2, -0.15) is 0 Å². The Bertz CT molecular complexity index is 1820. The molecule has 1 unspecified atom stereocenters. The number of carbonyl (C=O) groups excluding carboxylic acids is 2. The van der Waals surface area contributed by atoms with Crippen LogP contribution in [0.2, 0.25) is 0 Å². The zero-order chi connectivity index (χ0) is 35.1. The van der Waals surface area contributed by atoms with Crippen molar-refractivity contribution in [3.05, 3.63) is 142 Å². The Morgan fingerprint density at radius 2 is 1.42 bits per heavy atom. The van der Waals surface area contributed by atoms with Crippen LogP contribution in [0.15, 0.2) is 109 Å². The number of aliphatic carboxylic acids is 1. The van der Waals surface area contributed by atoms with E-state index in [2.05, 4.69) is 41.8 Å². The third kappa shape index (κ3) is 11.1. The topological polar surface area (TPSA) is 118 Å². The summed E-state index contributed by atoms with van der Waals surface area (Å²) in [5.41, 5.74) is 6.67. The molecule has 0 bridgehead atoms. The first-order valence-electron chi connectivity index (χ1n) is 17.0. The van der Waals surface area contributed by atoms with Gasteiger partial charge in [-0.1, -0.05) is 98.6 Å². The first kappa shape index (κ1) is 36.0. The second kappa shape index (κ2) is 18.5. The van der Waals surface area contributed by atoms with Crippen LogP contribution in [0.25, 0.3) is 10.6 Å². The third-order valence-electron chi connectivity index (χ3n) is 8.39. The van der Waals surface area contributed by atoms with Crippen molar-refractivity contribution >= 4 is 29.1 Å². The molecule has 1 heterocycles. The molecule has 2 amide bonds. The Morgan fingerprint density at radius 3 is 2.10 bits per heavy atom. The van der Waals surface area contributed by atoms with Crippen LogP contribution in [0.5, 0.6) is 5.75 Å². The smallest absolute Gasteiger partial charge is 0.341 e. The van der Waals surface area contributed by atoms with E-state index in [0.717, 1.165) is 39.4 Å². The summed E-state index contributed by atoms with van der Waals surface area (Å²) in [6.07, 6.45) is 5.77. The zero-order valence-corrected chi connectivity index (χ0v) is 29.1. The highest BCUT2D eigenvalue weighted by Crippen LogP contribution is 2.26. The quantitative estimate of drug-likeness (QED) is 0.0814. The van der Waals surface area contributed by atoms with Crippen LogP contribution < -0.4 is 15.4 Å². The van der Waals surface area contributed by atoms with Crippen molar-refractivity contribution in [2.45, 2.75) is 58.5 Å². The second-order valence-corrected chi connectivity index (χ2v) is 13.2. The van der Waals surface area contributed by atoms with Gasteiger partial charge in [-0.05, 0) is 65.8 Å². The summed E-state index contributed by atoms with van der Waals surface area (Å²) >= 11 is 1.52. The van der Waals surface area contributed by atoms with Gasteiger partial charge in [-0.25, -0.2) is 9.78 Å². The Kier molecular flexibility index (Phi) is 13.3. The minimum atomic E-state index is -1.04. The molecular weight excluding hydrogens is 647 g/mol. The first-order valence-corrected chi connectivity index (χ1v) is 17.9. The van der Waals surface area contributed by atoms with Gasteiger partial charge in [0.1, 0.15) is 10.8 Å². The van der Waals surface area contributed by atoms with Gasteiger partial charge in [0.25, 0.3) is 5.91 Å². The number of benzene rings is 4. The van der Waals surface area contributed by atoms with Gasteiger partial charge >= 0.3 is 5.97 Å². The lowest BCUT2D eigenvalue weighted by Gasteiger charge is -2.16. The van der Waals surface area contributed by atoms with Crippen LogP contribution in [0, 0.1) is 5.92 Å². The minimum absolute atomic E-state index is 0.0760. The van der Waals surface area contributed by atoms with Gasteiger partial charge in [0, 0.05) is 41.9 Å². The summed E-state index contributed by atoms with van der Waals surface area (Å²) in [7, 11) is 0. The number of nitrogens with zero attached hydrogens (tertiary/aromatic N) is 1. The van der Waals surface area contributed by atoms with E-state index < -0.39 is 12.6 Å². The average Bonchev–Trinajstić information content (AvgIpc) is 3.62. The van der Waals surface area contributed by atoms with Crippen LogP contribution in [0.3, 0.4) is 0 Å². The number of carboxylic acids is 1. The number of carbonyl (C=O) groups is 3. The number of carboxylic acid groups (broad SMARTS) is 1. The number of aryl methyl sites for hydroxylation is 1. The van der Waals surface area contributed by atoms with Crippen molar-refractivity contribution in [3.63, 3.8) is 0 Å². The van der Waals surface area contributed by atoms with E-state index in [9.17, 15) is 14.4 Å². The molecule has 0 aliphatic rings. The van der Waals surface area contributed by atoms with E-state index in [1.165, 1.54) is 36.2 Å². The molecule has 0 saturated heterocycles. The number of amides is 2. The van der Waals surface area contributed by atoms with Gasteiger partial charge in [0.05, 0.1) is 5.69 Å². The molecule has 0 aliphatic heterocycles. The van der Waals surface area contributed by atoms with Crippen LogP contribution in [-0.4, -0.2) is 34.5 Å². The van der Waals surface area contributed by atoms with Gasteiger partial charge < -0.3 is 20.5 Å². The molecule has 9 heteroatoms. The normalized spacial score (nSPS) is 11.5. The minimum Gasteiger partial charge on any atom is -0.482 e. The zero-order valence-electron chi connectivity index (χ0n) is 28.3. The summed E-state index contributed by atoms with van der Waals surface area (Å²) in [5.74, 6) is -1.13. The predicted molar refractivity (Wildman–Crippen MR) is 197 cm³/mol. The Balaban J connectivity index is 1.16. The fourth-order valence-electron chi connectivity index (χ4n) is 5.58. The molecule has 0 spiro atoms. The van der Waals surface area contributed by atoms with Crippen LogP contribution in [0.4, 0.5) is 0 Å². The van der Waals surface area contributed by atoms with Gasteiger partial charge in [0.15, 0.2) is 6.61 Å². The standard InChI is InChI=1S/C41H43N3O5S/c1-2-3-5-8-29-11-13-31(14-12-29)25-42-39(47)33-17-19-34(20-18-33)41-44-36(28-50-41)24-35(23-30-9-6-4-7-10-30)40(48)43-26-32-15-21-37(22-16-32)49-27-38(45)46/h4,6-7,9-22,28,35H,2-3,5,8,23-27H2,1H3,(H,42,47)(H,43,48)(H,45,46). The molecule has 50 heavy (non-hydrogen) atoms. The van der Waals surface area contributed by atoms with Crippen molar-refractivity contribution < 1.29 is 24.2 Å². The summed E-state index contributed by atoms with van der Waals surface area (Å²) < 4.78 is 5.20. The fourth-order valence-corrected chi connectivity index (χ4v) is 6.41. The molecule has 0 aliphatic carbocycles. The van der Waals surface area contributed by atoms with E-state index in [0.29, 0.717) is 37.2 Å². The van der Waals surface area contributed by atoms with E-state index in [1.807, 2.05) is 60.0 Å². The molecule has 5 rings (SSSR count). The van der Waals surface area contributed by atoms with Crippen molar-refractivity contribution in [2.75, 3.05) is 6.61 Å². The van der Waals surface area contributed by atoms with E-state index in [1.54, 1.807) is 24.3 Å². The molecule has 1 aromatic heterocycles. The van der Waals surface area contributed by atoms with Crippen LogP contribution >= 0.6 is 11.3 Å². The maximum atomic E-state index is 13.5. The van der Waals surface area contributed by atoms with E-state index >= 15 is 0 Å². The Morgan fingerprint density at radius 1 is 0.760 bits per heavy atom. The number of unbranched alkanes of at least 4 members (excludes halogenated alkanes) is 2. The number of thiazole rings is 1. The maximum Gasteiger partial charge on any atom is 0.341 e. The van der Waals surface area contributed by atoms with Crippen LogP contribution in [0.1, 0.15) is 64.5 Å². The highest BCUT2D eigenvalue weighted by molar-refractivity contribution is 7.13. The lowest BCUT2D eigenvalue weighted by molar-refractivity contribution is -0.139. The molecule has 0 fully saturated rings. The Hall–Kier alpha value is -5.28. The van der Waals surface area contributed by atoms with Gasteiger partial charge in [-0.3, -0.25) is 9.59 Å². The number of aromatic nitrogens is 1. The summed E-state index contributed by atoms with van der Waals surface area (Å²) in [6, 6.07) is 32.8. The van der Waals surface area contributed by atoms with Gasteiger partial charge in [0.2, 0.25) is 5.91 Å². The van der Waals surface area contributed by atoms with Crippen molar-refractivity contribution in [3.8, 4) is 16.3 Å². The predicted octanol–water partition coefficient (Wildman–Crippen LogP) is 7.65. The Labute approximate surface area is 297 Å². The molecule has 3 N–H and O–H groups in total. The molecule has 0 radical (unpaired) electrons. The van der Waals surface area contributed by atoms with Crippen molar-refractivity contribution in [1.82, 2.24) is 15.6 Å². The maximum absolute atomic E-state index is 13.5. The molecule has 258 valence electrons. The van der Waals surface area contributed by atoms with Crippen LogP contribution in [-0.2, 0) is 41.9 Å². The summed E-state index contributed by atoms with van der Waals surface area (Å²) in [6.45, 7) is 2.60. The molecule has 8 nitrogen and oxygen atoms in total. The van der Waals surface area contributed by atoms with Crippen molar-refractivity contribution in [1.29, 1.82) is 0 Å². The average molecular weight is 690 g/mol. The monoisotopic (exact) mass is 689 g/mol. The number of rotatable bonds is 18. The van der Waals surface area contributed by atoms with Crippen molar-refractivity contribution in [2.24, 2.45) is 5.92 Å². The largest absolute Gasteiger partial charge is 0.482 e. The number of hydrogen-bond donors (Lipinski definition) is 3. The molecule has 1 atom stereocenters. The lowest BCUT2D eigenvalue weighted by Crippen LogP contribution is -2.33. The third-order valence-corrected chi connectivity index (χ3v) is 9.33. The van der Waals surface area contributed by atoms with Gasteiger partial charge in [-0.15, -0.1) is 11.3 Å². The lowest BCUT2D eigenvalue weighted by atomic mass is 9.94. The molecule has 4 aromatic carbocycles. The second-order valence-electron chi connectivity index (χ2n) is 12.3. The first-order chi connectivity index (χ1) is 24.4. The summed E-state index contributed by atoms with van der Waals surface area (Å²) in [4.78, 5) is 42.0. The highest BCUT2D eigenvalue weighted by atomic mass is 32.1.